The number of carboxylic acid groups (broad SMARTS) is 1. The van der Waals surface area contributed by atoms with Crippen LogP contribution in [0.5, 0.6) is 0 Å². The van der Waals surface area contributed by atoms with E-state index in [2.05, 4.69) is 18.7 Å². The smallest absolute Gasteiger partial charge is 0.308 e. The molecule has 1 aromatic carbocycles. The van der Waals surface area contributed by atoms with Gasteiger partial charge in [0.15, 0.2) is 0 Å². The summed E-state index contributed by atoms with van der Waals surface area (Å²) in [7, 11) is 0. The Balaban J connectivity index is 2.24. The molecule has 18 heavy (non-hydrogen) atoms. The minimum absolute atomic E-state index is 0.0576. The molecule has 0 aromatic heterocycles. The van der Waals surface area contributed by atoms with E-state index in [0.717, 1.165) is 12.1 Å². The molecule has 1 saturated heterocycles. The molecular weight excluding hydrogens is 250 g/mol. The first-order valence-corrected chi connectivity index (χ1v) is 6.59. The normalized spacial score (nSPS) is 24.7. The Morgan fingerprint density at radius 1 is 1.33 bits per heavy atom. The Kier molecular flexibility index (Phi) is 3.93. The molecule has 0 amide bonds. The number of hydrogen-bond acceptors (Lipinski definition) is 2. The molecule has 2 atom stereocenters. The van der Waals surface area contributed by atoms with Crippen LogP contribution in [0.15, 0.2) is 24.3 Å². The monoisotopic (exact) mass is 267 g/mol. The zero-order valence-corrected chi connectivity index (χ0v) is 11.4. The van der Waals surface area contributed by atoms with Crippen molar-refractivity contribution in [3.63, 3.8) is 0 Å². The van der Waals surface area contributed by atoms with Crippen molar-refractivity contribution in [1.29, 1.82) is 0 Å². The van der Waals surface area contributed by atoms with Gasteiger partial charge in [0.05, 0.1) is 5.92 Å². The van der Waals surface area contributed by atoms with E-state index in [1.54, 1.807) is 0 Å². The summed E-state index contributed by atoms with van der Waals surface area (Å²) in [5.41, 5.74) is 1.06. The fourth-order valence-electron chi connectivity index (χ4n) is 2.55. The molecular formula is C14H18ClNO2. The quantitative estimate of drug-likeness (QED) is 0.916. The van der Waals surface area contributed by atoms with E-state index in [4.69, 9.17) is 11.6 Å². The van der Waals surface area contributed by atoms with E-state index in [1.165, 1.54) is 0 Å². The van der Waals surface area contributed by atoms with Gasteiger partial charge in [0, 0.05) is 30.1 Å². The highest BCUT2D eigenvalue weighted by molar-refractivity contribution is 6.30. The summed E-state index contributed by atoms with van der Waals surface area (Å²) in [5, 5.41) is 10.0. The van der Waals surface area contributed by atoms with Crippen LogP contribution >= 0.6 is 11.6 Å². The van der Waals surface area contributed by atoms with Gasteiger partial charge in [-0.25, -0.2) is 0 Å². The maximum Gasteiger partial charge on any atom is 0.308 e. The molecule has 0 spiro atoms. The highest BCUT2D eigenvalue weighted by Crippen LogP contribution is 2.34. The number of rotatable bonds is 3. The minimum Gasteiger partial charge on any atom is -0.481 e. The van der Waals surface area contributed by atoms with E-state index in [1.807, 2.05) is 24.3 Å². The van der Waals surface area contributed by atoms with Gasteiger partial charge in [-0.3, -0.25) is 9.69 Å². The molecule has 98 valence electrons. The van der Waals surface area contributed by atoms with Gasteiger partial charge in [-0.2, -0.15) is 0 Å². The van der Waals surface area contributed by atoms with Crippen molar-refractivity contribution in [2.75, 3.05) is 13.1 Å². The van der Waals surface area contributed by atoms with Gasteiger partial charge >= 0.3 is 5.97 Å². The molecule has 0 saturated carbocycles. The molecule has 1 aliphatic heterocycles. The summed E-state index contributed by atoms with van der Waals surface area (Å²) >= 11 is 5.87. The standard InChI is InChI=1S/C14H18ClNO2/c1-9(2)16-7-12(13(8-16)14(17)18)10-3-5-11(15)6-4-10/h3-6,9,12-13H,7-8H2,1-2H3,(H,17,18). The van der Waals surface area contributed by atoms with Crippen LogP contribution in [0.2, 0.25) is 5.02 Å². The van der Waals surface area contributed by atoms with Crippen LogP contribution in [0.1, 0.15) is 25.3 Å². The fraction of sp³-hybridized carbons (Fsp3) is 0.500. The highest BCUT2D eigenvalue weighted by atomic mass is 35.5. The third kappa shape index (κ3) is 2.68. The van der Waals surface area contributed by atoms with Crippen molar-refractivity contribution in [3.8, 4) is 0 Å². The number of benzene rings is 1. The lowest BCUT2D eigenvalue weighted by Crippen LogP contribution is -2.29. The summed E-state index contributed by atoms with van der Waals surface area (Å²) < 4.78 is 0. The molecule has 1 N–H and O–H groups in total. The van der Waals surface area contributed by atoms with E-state index in [9.17, 15) is 9.90 Å². The molecule has 2 rings (SSSR count). The van der Waals surface area contributed by atoms with Crippen molar-refractivity contribution >= 4 is 17.6 Å². The van der Waals surface area contributed by atoms with E-state index in [-0.39, 0.29) is 11.8 Å². The van der Waals surface area contributed by atoms with Crippen molar-refractivity contribution in [1.82, 2.24) is 4.90 Å². The Morgan fingerprint density at radius 3 is 2.44 bits per heavy atom. The Labute approximate surface area is 112 Å². The molecule has 1 aliphatic rings. The first kappa shape index (κ1) is 13.4. The van der Waals surface area contributed by atoms with Gasteiger partial charge in [0.2, 0.25) is 0 Å². The third-order valence-electron chi connectivity index (χ3n) is 3.69. The molecule has 3 nitrogen and oxygen atoms in total. The fourth-order valence-corrected chi connectivity index (χ4v) is 2.68. The number of carbonyl (C=O) groups is 1. The number of likely N-dealkylation sites (tertiary alicyclic amines) is 1. The number of hydrogen-bond donors (Lipinski definition) is 1. The van der Waals surface area contributed by atoms with Gasteiger partial charge < -0.3 is 5.11 Å². The average Bonchev–Trinajstić information content (AvgIpc) is 2.75. The first-order valence-electron chi connectivity index (χ1n) is 6.21. The molecule has 0 radical (unpaired) electrons. The Hall–Kier alpha value is -1.06. The second kappa shape index (κ2) is 5.29. The van der Waals surface area contributed by atoms with Crippen molar-refractivity contribution in [3.05, 3.63) is 34.9 Å². The van der Waals surface area contributed by atoms with Gasteiger partial charge in [0.25, 0.3) is 0 Å². The van der Waals surface area contributed by atoms with Gasteiger partial charge in [0.1, 0.15) is 0 Å². The van der Waals surface area contributed by atoms with Crippen molar-refractivity contribution in [2.24, 2.45) is 5.92 Å². The predicted octanol–water partition coefficient (Wildman–Crippen LogP) is 2.85. The van der Waals surface area contributed by atoms with Crippen molar-refractivity contribution in [2.45, 2.75) is 25.8 Å². The summed E-state index contributed by atoms with van der Waals surface area (Å²) in [6.45, 7) is 5.63. The molecule has 1 aromatic rings. The molecule has 0 aliphatic carbocycles. The summed E-state index contributed by atoms with van der Waals surface area (Å²) in [6, 6.07) is 7.91. The number of nitrogens with zero attached hydrogens (tertiary/aromatic N) is 1. The SMILES string of the molecule is CC(C)N1CC(C(=O)O)C(c2ccc(Cl)cc2)C1. The van der Waals surface area contributed by atoms with Crippen molar-refractivity contribution < 1.29 is 9.90 Å². The zero-order chi connectivity index (χ0) is 13.3. The van der Waals surface area contributed by atoms with Gasteiger partial charge in [-0.05, 0) is 31.5 Å². The second-order valence-corrected chi connectivity index (χ2v) is 5.59. The first-order chi connectivity index (χ1) is 8.49. The highest BCUT2D eigenvalue weighted by Gasteiger charge is 2.39. The van der Waals surface area contributed by atoms with Crippen LogP contribution in [-0.2, 0) is 4.79 Å². The zero-order valence-electron chi connectivity index (χ0n) is 10.6. The third-order valence-corrected chi connectivity index (χ3v) is 3.95. The number of aliphatic carboxylic acids is 1. The van der Waals surface area contributed by atoms with Crippen LogP contribution in [0.25, 0.3) is 0 Å². The van der Waals surface area contributed by atoms with E-state index in [0.29, 0.717) is 17.6 Å². The topological polar surface area (TPSA) is 40.5 Å². The molecule has 4 heteroatoms. The Morgan fingerprint density at radius 2 is 1.94 bits per heavy atom. The van der Waals surface area contributed by atoms with E-state index >= 15 is 0 Å². The predicted molar refractivity (Wildman–Crippen MR) is 72.0 cm³/mol. The lowest BCUT2D eigenvalue weighted by molar-refractivity contribution is -0.141. The lowest BCUT2D eigenvalue weighted by atomic mass is 9.89. The van der Waals surface area contributed by atoms with Crippen LogP contribution in [0.3, 0.4) is 0 Å². The van der Waals surface area contributed by atoms with Crippen LogP contribution in [-0.4, -0.2) is 35.1 Å². The van der Waals surface area contributed by atoms with Crippen LogP contribution < -0.4 is 0 Å². The summed E-state index contributed by atoms with van der Waals surface area (Å²) in [5.74, 6) is -0.978. The minimum atomic E-state index is -0.710. The molecule has 1 fully saturated rings. The molecule has 2 unspecified atom stereocenters. The van der Waals surface area contributed by atoms with Crippen LogP contribution in [0, 0.1) is 5.92 Å². The largest absolute Gasteiger partial charge is 0.481 e. The maximum atomic E-state index is 11.4. The lowest BCUT2D eigenvalue weighted by Gasteiger charge is -2.20. The second-order valence-electron chi connectivity index (χ2n) is 5.15. The Bertz CT molecular complexity index is 430. The van der Waals surface area contributed by atoms with Crippen LogP contribution in [0.4, 0.5) is 0 Å². The summed E-state index contributed by atoms with van der Waals surface area (Å²) in [6.07, 6.45) is 0. The average molecular weight is 268 g/mol. The van der Waals surface area contributed by atoms with Gasteiger partial charge in [-0.15, -0.1) is 0 Å². The number of carboxylic acids is 1. The van der Waals surface area contributed by atoms with E-state index < -0.39 is 5.97 Å². The maximum absolute atomic E-state index is 11.4. The molecule has 1 heterocycles. The summed E-state index contributed by atoms with van der Waals surface area (Å²) in [4.78, 5) is 13.6. The number of halogens is 1. The molecule has 0 bridgehead atoms. The van der Waals surface area contributed by atoms with Gasteiger partial charge in [-0.1, -0.05) is 23.7 Å².